The molecule has 0 amide bonds. The van der Waals surface area contributed by atoms with E-state index in [4.69, 9.17) is 0 Å². The molecule has 0 unspecified atom stereocenters. The van der Waals surface area contributed by atoms with Crippen molar-refractivity contribution in [1.29, 1.82) is 0 Å². The maximum Gasteiger partial charge on any atom is 0.133 e. The molecule has 1 aromatic carbocycles. The minimum atomic E-state index is 0.271. The molecule has 0 spiro atoms. The summed E-state index contributed by atoms with van der Waals surface area (Å²) in [4.78, 5) is 11.9. The lowest BCUT2D eigenvalue weighted by Crippen LogP contribution is -2.39. The number of hydrogen-bond acceptors (Lipinski definition) is 2. The number of phenolic OH excluding ortho intramolecular Hbond substituents is 1. The zero-order valence-corrected chi connectivity index (χ0v) is 12.1. The molecule has 3 aliphatic rings. The second-order valence-electron chi connectivity index (χ2n) is 7.41. The Labute approximate surface area is 120 Å². The lowest BCUT2D eigenvalue weighted by molar-refractivity contribution is -0.118. The molecule has 1 N–H and O–H groups in total. The number of carbonyl (C=O) groups excluding carboxylic acids is 1. The summed E-state index contributed by atoms with van der Waals surface area (Å²) in [5.41, 5.74) is 3.05. The van der Waals surface area contributed by atoms with Gasteiger partial charge in [-0.25, -0.2) is 0 Å². The molecule has 0 aromatic heterocycles. The molecule has 2 saturated carbocycles. The van der Waals surface area contributed by atoms with Gasteiger partial charge in [0, 0.05) is 12.8 Å². The van der Waals surface area contributed by atoms with Crippen molar-refractivity contribution in [1.82, 2.24) is 0 Å². The number of phenols is 1. The van der Waals surface area contributed by atoms with E-state index in [1.165, 1.54) is 30.4 Å². The van der Waals surface area contributed by atoms with Gasteiger partial charge in [-0.3, -0.25) is 4.79 Å². The standard InChI is InChI=1S/C18H22O2/c1-18-7-6-15-14-5-3-12(19)8-11(14)2-4-16(15)17(18)9-13(20)10-18/h3,5,8,15-17,19H,2,4,6-7,9-10H2,1H3/t15-,16+,17+,18-/m1/s1. The summed E-state index contributed by atoms with van der Waals surface area (Å²) in [5.74, 6) is 2.75. The van der Waals surface area contributed by atoms with Crippen LogP contribution in [-0.2, 0) is 11.2 Å². The molecule has 106 valence electrons. The summed E-state index contributed by atoms with van der Waals surface area (Å²) < 4.78 is 0. The maximum atomic E-state index is 11.9. The predicted molar refractivity (Wildman–Crippen MR) is 77.7 cm³/mol. The highest BCUT2D eigenvalue weighted by molar-refractivity contribution is 5.82. The summed E-state index contributed by atoms with van der Waals surface area (Å²) in [5, 5.41) is 9.67. The van der Waals surface area contributed by atoms with Crippen molar-refractivity contribution in [2.75, 3.05) is 0 Å². The molecule has 0 heterocycles. The quantitative estimate of drug-likeness (QED) is 0.778. The molecule has 20 heavy (non-hydrogen) atoms. The summed E-state index contributed by atoms with van der Waals surface area (Å²) in [7, 11) is 0. The third-order valence-corrected chi connectivity index (χ3v) is 6.28. The summed E-state index contributed by atoms with van der Waals surface area (Å²) >= 11 is 0. The van der Waals surface area contributed by atoms with Gasteiger partial charge < -0.3 is 5.11 Å². The average molecular weight is 270 g/mol. The minimum absolute atomic E-state index is 0.271. The van der Waals surface area contributed by atoms with Gasteiger partial charge in [-0.15, -0.1) is 0 Å². The van der Waals surface area contributed by atoms with Crippen LogP contribution in [0.25, 0.3) is 0 Å². The third kappa shape index (κ3) is 1.66. The van der Waals surface area contributed by atoms with Crippen molar-refractivity contribution in [2.45, 2.75) is 51.4 Å². The van der Waals surface area contributed by atoms with Gasteiger partial charge in [0.15, 0.2) is 0 Å². The number of rotatable bonds is 0. The second-order valence-corrected chi connectivity index (χ2v) is 7.41. The Morgan fingerprint density at radius 2 is 2.15 bits per heavy atom. The van der Waals surface area contributed by atoms with Crippen molar-refractivity contribution >= 4 is 5.78 Å². The Kier molecular flexibility index (Phi) is 2.55. The topological polar surface area (TPSA) is 37.3 Å². The number of carbonyl (C=O) groups is 1. The number of Topliss-reactive ketones (excluding diaryl/α,β-unsaturated/α-hetero) is 1. The predicted octanol–water partition coefficient (Wildman–Crippen LogP) is 3.82. The molecule has 4 atom stereocenters. The number of aryl methyl sites for hydroxylation is 1. The van der Waals surface area contributed by atoms with Crippen LogP contribution in [0, 0.1) is 17.3 Å². The van der Waals surface area contributed by atoms with Crippen LogP contribution in [0.2, 0.25) is 0 Å². The van der Waals surface area contributed by atoms with Crippen LogP contribution < -0.4 is 0 Å². The largest absolute Gasteiger partial charge is 0.508 e. The van der Waals surface area contributed by atoms with Gasteiger partial charge in [0.2, 0.25) is 0 Å². The molecule has 4 rings (SSSR count). The fourth-order valence-corrected chi connectivity index (χ4v) is 5.35. The molecule has 3 aliphatic carbocycles. The molecule has 2 heteroatoms. The molecule has 2 nitrogen and oxygen atoms in total. The van der Waals surface area contributed by atoms with Gasteiger partial charge in [0.1, 0.15) is 11.5 Å². The SMILES string of the molecule is C[C@]12CC[C@@H]3c4ccc(O)cc4CC[C@@H]3[C@@H]1CC(=O)C2. The van der Waals surface area contributed by atoms with Gasteiger partial charge in [-0.1, -0.05) is 13.0 Å². The smallest absolute Gasteiger partial charge is 0.133 e. The monoisotopic (exact) mass is 270 g/mol. The van der Waals surface area contributed by atoms with Crippen LogP contribution in [0.15, 0.2) is 18.2 Å². The Morgan fingerprint density at radius 3 is 3.00 bits per heavy atom. The van der Waals surface area contributed by atoms with Crippen LogP contribution in [0.4, 0.5) is 0 Å². The van der Waals surface area contributed by atoms with E-state index < -0.39 is 0 Å². The average Bonchev–Trinajstić information content (AvgIpc) is 2.72. The van der Waals surface area contributed by atoms with Crippen LogP contribution in [0.1, 0.15) is 56.1 Å². The van der Waals surface area contributed by atoms with Crippen molar-refractivity contribution in [3.05, 3.63) is 29.3 Å². The zero-order chi connectivity index (χ0) is 13.9. The second kappa shape index (κ2) is 4.09. The van der Waals surface area contributed by atoms with Gasteiger partial charge >= 0.3 is 0 Å². The van der Waals surface area contributed by atoms with Crippen LogP contribution in [0.3, 0.4) is 0 Å². The highest BCUT2D eigenvalue weighted by Gasteiger charge is 2.52. The first-order valence-corrected chi connectivity index (χ1v) is 7.90. The van der Waals surface area contributed by atoms with E-state index in [-0.39, 0.29) is 5.41 Å². The lowest BCUT2D eigenvalue weighted by Gasteiger charge is -2.48. The van der Waals surface area contributed by atoms with E-state index in [1.54, 1.807) is 0 Å². The van der Waals surface area contributed by atoms with Crippen LogP contribution >= 0.6 is 0 Å². The Bertz CT molecular complexity index is 577. The third-order valence-electron chi connectivity index (χ3n) is 6.28. The fourth-order valence-electron chi connectivity index (χ4n) is 5.35. The molecular formula is C18H22O2. The highest BCUT2D eigenvalue weighted by atomic mass is 16.3. The number of ketones is 1. The van der Waals surface area contributed by atoms with E-state index in [9.17, 15) is 9.90 Å². The lowest BCUT2D eigenvalue weighted by atomic mass is 9.56. The number of hydrogen-bond donors (Lipinski definition) is 1. The van der Waals surface area contributed by atoms with Gasteiger partial charge in [-0.2, -0.15) is 0 Å². The maximum absolute atomic E-state index is 11.9. The Hall–Kier alpha value is -1.31. The molecule has 0 aliphatic heterocycles. The van der Waals surface area contributed by atoms with Crippen LogP contribution in [0.5, 0.6) is 5.75 Å². The van der Waals surface area contributed by atoms with E-state index in [1.807, 2.05) is 12.1 Å². The summed E-state index contributed by atoms with van der Waals surface area (Å²) in [6, 6.07) is 5.90. The van der Waals surface area contributed by atoms with Gasteiger partial charge in [0.25, 0.3) is 0 Å². The fraction of sp³-hybridized carbons (Fsp3) is 0.611. The van der Waals surface area contributed by atoms with Crippen molar-refractivity contribution in [3.63, 3.8) is 0 Å². The molecular weight excluding hydrogens is 248 g/mol. The number of fused-ring (bicyclic) bond motifs is 5. The van der Waals surface area contributed by atoms with E-state index in [2.05, 4.69) is 13.0 Å². The van der Waals surface area contributed by atoms with E-state index in [0.29, 0.717) is 29.3 Å². The number of aromatic hydroxyl groups is 1. The van der Waals surface area contributed by atoms with Crippen molar-refractivity contribution in [2.24, 2.45) is 17.3 Å². The Balaban J connectivity index is 1.72. The minimum Gasteiger partial charge on any atom is -0.508 e. The van der Waals surface area contributed by atoms with Gasteiger partial charge in [0.05, 0.1) is 0 Å². The molecule has 0 radical (unpaired) electrons. The van der Waals surface area contributed by atoms with E-state index >= 15 is 0 Å². The first-order chi connectivity index (χ1) is 9.57. The van der Waals surface area contributed by atoms with Crippen molar-refractivity contribution < 1.29 is 9.90 Å². The normalized spacial score (nSPS) is 39.0. The van der Waals surface area contributed by atoms with Crippen molar-refractivity contribution in [3.8, 4) is 5.75 Å². The van der Waals surface area contributed by atoms with Gasteiger partial charge in [-0.05, 0) is 72.1 Å². The highest BCUT2D eigenvalue weighted by Crippen LogP contribution is 2.60. The van der Waals surface area contributed by atoms with E-state index in [0.717, 1.165) is 19.3 Å². The number of benzene rings is 1. The molecule has 0 saturated heterocycles. The molecule has 1 aromatic rings. The molecule has 0 bridgehead atoms. The summed E-state index contributed by atoms with van der Waals surface area (Å²) in [6.07, 6.45) is 6.27. The molecule has 2 fully saturated rings. The zero-order valence-electron chi connectivity index (χ0n) is 12.1. The van der Waals surface area contributed by atoms with Crippen LogP contribution in [-0.4, -0.2) is 10.9 Å². The summed E-state index contributed by atoms with van der Waals surface area (Å²) in [6.45, 7) is 2.34. The Morgan fingerprint density at radius 1 is 1.30 bits per heavy atom. The first-order valence-electron chi connectivity index (χ1n) is 7.90. The first kappa shape index (κ1) is 12.4.